The Morgan fingerprint density at radius 2 is 1.71 bits per heavy atom. The Kier molecular flexibility index (Phi) is 8.64. The highest BCUT2D eigenvalue weighted by atomic mass is 16.6. The molecule has 3 saturated heterocycles. The summed E-state index contributed by atoms with van der Waals surface area (Å²) >= 11 is 0. The molecule has 13 nitrogen and oxygen atoms in total. The molecule has 0 radical (unpaired) electrons. The molecule has 3 heterocycles. The van der Waals surface area contributed by atoms with Crippen LogP contribution in [0.3, 0.4) is 0 Å². The summed E-state index contributed by atoms with van der Waals surface area (Å²) in [6.07, 6.45) is -1.20. The number of nitrogens with one attached hydrogen (secondary N) is 3. The second-order valence-corrected chi connectivity index (χ2v) is 10.4. The molecule has 3 fully saturated rings. The molecule has 3 aliphatic rings. The summed E-state index contributed by atoms with van der Waals surface area (Å²) in [7, 11) is 0. The van der Waals surface area contributed by atoms with E-state index in [2.05, 4.69) is 20.7 Å². The van der Waals surface area contributed by atoms with E-state index in [9.17, 15) is 29.1 Å². The predicted molar refractivity (Wildman–Crippen MR) is 146 cm³/mol. The molecular weight excluding hydrogens is 532 g/mol. The number of urea groups is 1. The Morgan fingerprint density at radius 1 is 0.951 bits per heavy atom. The number of aliphatic hydroxyl groups excluding tert-OH is 1. The van der Waals surface area contributed by atoms with Crippen molar-refractivity contribution in [2.24, 2.45) is 0 Å². The maximum Gasteiger partial charge on any atom is 0.320 e. The van der Waals surface area contributed by atoms with Crippen LogP contribution in [-0.4, -0.2) is 120 Å². The number of amides is 5. The second kappa shape index (κ2) is 12.5. The Hall–Kier alpha value is -4.23. The van der Waals surface area contributed by atoms with E-state index >= 15 is 0 Å². The van der Waals surface area contributed by atoms with Gasteiger partial charge in [-0.25, -0.2) is 4.79 Å². The van der Waals surface area contributed by atoms with E-state index in [1.54, 1.807) is 21.9 Å². The van der Waals surface area contributed by atoms with Crippen LogP contribution >= 0.6 is 0 Å². The van der Waals surface area contributed by atoms with Crippen LogP contribution in [0, 0.1) is 0 Å². The minimum atomic E-state index is -1.45. The zero-order valence-corrected chi connectivity index (χ0v) is 22.6. The van der Waals surface area contributed by atoms with Gasteiger partial charge in [0.15, 0.2) is 0 Å². The zero-order valence-electron chi connectivity index (χ0n) is 22.6. The van der Waals surface area contributed by atoms with Crippen LogP contribution in [-0.2, 0) is 19.1 Å². The zero-order chi connectivity index (χ0) is 28.9. The van der Waals surface area contributed by atoms with Crippen molar-refractivity contribution in [3.8, 4) is 0 Å². The van der Waals surface area contributed by atoms with Gasteiger partial charge in [-0.15, -0.1) is 0 Å². The van der Waals surface area contributed by atoms with Crippen molar-refractivity contribution >= 4 is 40.5 Å². The Labute approximate surface area is 236 Å². The summed E-state index contributed by atoms with van der Waals surface area (Å²) in [6.45, 7) is 2.55. The van der Waals surface area contributed by atoms with E-state index in [4.69, 9.17) is 0 Å². The normalized spacial score (nSPS) is 23.5. The first kappa shape index (κ1) is 28.3. The van der Waals surface area contributed by atoms with Crippen LogP contribution in [0.1, 0.15) is 23.2 Å². The van der Waals surface area contributed by atoms with E-state index in [0.29, 0.717) is 44.7 Å². The number of hydrogen-bond donors (Lipinski definition) is 4. The maximum atomic E-state index is 13.8. The van der Waals surface area contributed by atoms with Crippen LogP contribution in [0.2, 0.25) is 0 Å². The summed E-state index contributed by atoms with van der Waals surface area (Å²) in [5.41, 5.74) is 0.364. The molecule has 13 heteroatoms. The quantitative estimate of drug-likeness (QED) is 0.344. The average Bonchev–Trinajstić information content (AvgIpc) is 3.29. The van der Waals surface area contributed by atoms with Gasteiger partial charge in [0.1, 0.15) is 12.1 Å². The molecule has 0 aromatic heterocycles. The number of cyclic esters (lactones) is 1. The van der Waals surface area contributed by atoms with Gasteiger partial charge in [0, 0.05) is 44.8 Å². The number of fused-ring (bicyclic) bond motifs is 1. The third kappa shape index (κ3) is 6.74. The highest BCUT2D eigenvalue weighted by Gasteiger charge is 2.37. The molecule has 2 aromatic carbocycles. The molecule has 4 N–H and O–H groups in total. The number of benzene rings is 2. The first-order chi connectivity index (χ1) is 19.8. The van der Waals surface area contributed by atoms with Gasteiger partial charge in [0.05, 0.1) is 19.5 Å². The van der Waals surface area contributed by atoms with E-state index in [1.807, 2.05) is 30.3 Å². The molecule has 0 aliphatic carbocycles. The maximum absolute atomic E-state index is 13.8. The molecule has 0 bridgehead atoms. The van der Waals surface area contributed by atoms with E-state index in [-0.39, 0.29) is 32.1 Å². The molecule has 3 aliphatic heterocycles. The van der Waals surface area contributed by atoms with Crippen molar-refractivity contribution in [2.75, 3.05) is 52.4 Å². The third-order valence-corrected chi connectivity index (χ3v) is 7.51. The summed E-state index contributed by atoms with van der Waals surface area (Å²) in [4.78, 5) is 69.3. The number of hydrogen-bond acceptors (Lipinski definition) is 8. The number of aliphatic hydroxyl groups is 1. The highest BCUT2D eigenvalue weighted by molar-refractivity contribution is 6.01. The summed E-state index contributed by atoms with van der Waals surface area (Å²) < 4.78 is 4.66. The van der Waals surface area contributed by atoms with Crippen molar-refractivity contribution < 1.29 is 33.8 Å². The lowest BCUT2D eigenvalue weighted by molar-refractivity contribution is -0.155. The fourth-order valence-corrected chi connectivity index (χ4v) is 5.33. The largest absolute Gasteiger partial charge is 0.434 e. The van der Waals surface area contributed by atoms with E-state index < -0.39 is 42.1 Å². The Bertz CT molecular complexity index is 1330. The second-order valence-electron chi connectivity index (χ2n) is 10.4. The topological polar surface area (TPSA) is 161 Å². The van der Waals surface area contributed by atoms with Gasteiger partial charge >= 0.3 is 12.0 Å². The molecule has 0 spiro atoms. The monoisotopic (exact) mass is 566 g/mol. The van der Waals surface area contributed by atoms with Crippen LogP contribution in [0.25, 0.3) is 10.8 Å². The number of carbonyl (C=O) groups is 5. The summed E-state index contributed by atoms with van der Waals surface area (Å²) in [6, 6.07) is 10.6. The lowest BCUT2D eigenvalue weighted by atomic mass is 10.1. The van der Waals surface area contributed by atoms with Gasteiger partial charge in [0.2, 0.25) is 18.1 Å². The highest BCUT2D eigenvalue weighted by Crippen LogP contribution is 2.17. The lowest BCUT2D eigenvalue weighted by Crippen LogP contribution is -2.60. The van der Waals surface area contributed by atoms with Crippen LogP contribution < -0.4 is 16.0 Å². The van der Waals surface area contributed by atoms with Crippen molar-refractivity contribution in [2.45, 2.75) is 31.2 Å². The van der Waals surface area contributed by atoms with Gasteiger partial charge in [0.25, 0.3) is 5.91 Å². The molecule has 3 atom stereocenters. The number of rotatable bonds is 5. The first-order valence-electron chi connectivity index (χ1n) is 13.8. The first-order valence-corrected chi connectivity index (χ1v) is 13.8. The van der Waals surface area contributed by atoms with Gasteiger partial charge in [-0.05, 0) is 29.3 Å². The molecule has 218 valence electrons. The fraction of sp³-hybridized carbons (Fsp3) is 0.464. The van der Waals surface area contributed by atoms with Gasteiger partial charge < -0.3 is 40.5 Å². The SMILES string of the molecule is O=C(CN1CCCN(C(=O)N2CCNCC2)C[C@H](NC(=O)c2ccc3ccccc3c2)C1=O)N[C@H]1CC(=O)OC1O. The average molecular weight is 567 g/mol. The molecule has 0 saturated carbocycles. The lowest BCUT2D eigenvalue weighted by Gasteiger charge is -2.38. The predicted octanol–water partition coefficient (Wildman–Crippen LogP) is -0.752. The molecule has 1 unspecified atom stereocenters. The third-order valence-electron chi connectivity index (χ3n) is 7.51. The number of ether oxygens (including phenoxy) is 1. The molecular formula is C28H34N6O7. The van der Waals surface area contributed by atoms with Crippen molar-refractivity contribution in [1.29, 1.82) is 0 Å². The van der Waals surface area contributed by atoms with E-state index in [0.717, 1.165) is 10.8 Å². The van der Waals surface area contributed by atoms with Crippen molar-refractivity contribution in [1.82, 2.24) is 30.7 Å². The molecule has 5 amide bonds. The molecule has 5 rings (SSSR count). The van der Waals surface area contributed by atoms with Crippen LogP contribution in [0.5, 0.6) is 0 Å². The Balaban J connectivity index is 1.32. The van der Waals surface area contributed by atoms with Crippen molar-refractivity contribution in [3.05, 3.63) is 48.0 Å². The smallest absolute Gasteiger partial charge is 0.320 e. The van der Waals surface area contributed by atoms with Crippen LogP contribution in [0.4, 0.5) is 4.79 Å². The number of carbonyl (C=O) groups excluding carboxylic acids is 5. The number of nitrogens with zero attached hydrogens (tertiary/aromatic N) is 3. The summed E-state index contributed by atoms with van der Waals surface area (Å²) in [5.74, 6) is -2.18. The Morgan fingerprint density at radius 3 is 2.44 bits per heavy atom. The number of piperazine rings is 1. The minimum Gasteiger partial charge on any atom is -0.434 e. The fourth-order valence-electron chi connectivity index (χ4n) is 5.33. The van der Waals surface area contributed by atoms with Gasteiger partial charge in [-0.1, -0.05) is 30.3 Å². The molecule has 2 aromatic rings. The summed E-state index contributed by atoms with van der Waals surface area (Å²) in [5, 5.41) is 20.2. The van der Waals surface area contributed by atoms with Crippen molar-refractivity contribution in [3.63, 3.8) is 0 Å². The standard InChI is InChI=1S/C28H34N6O7/c35-23(30-21-15-24(36)41-27(21)39)17-33-10-3-11-34(28(40)32-12-8-29-9-13-32)16-22(26(33)38)31-25(37)20-7-6-18-4-1-2-5-19(18)14-20/h1-2,4-7,14,21-22,27,29,39H,3,8-13,15-17H2,(H,30,35)(H,31,37)/t21-,22-,27?/m0/s1. The van der Waals surface area contributed by atoms with Gasteiger partial charge in [-0.2, -0.15) is 0 Å². The number of esters is 1. The van der Waals surface area contributed by atoms with E-state index in [1.165, 1.54) is 4.90 Å². The van der Waals surface area contributed by atoms with Gasteiger partial charge in [-0.3, -0.25) is 19.2 Å². The molecule has 41 heavy (non-hydrogen) atoms. The van der Waals surface area contributed by atoms with Crippen LogP contribution in [0.15, 0.2) is 42.5 Å². The minimum absolute atomic E-state index is 0.0529.